The van der Waals surface area contributed by atoms with Gasteiger partial charge in [0.1, 0.15) is 0 Å². The number of carbonyl (C=O) groups excluding carboxylic acids is 1. The van der Waals surface area contributed by atoms with Crippen LogP contribution in [0.15, 0.2) is 52.8 Å². The van der Waals surface area contributed by atoms with Gasteiger partial charge in [-0.05, 0) is 42.1 Å². The summed E-state index contributed by atoms with van der Waals surface area (Å²) >= 11 is 1.44. The summed E-state index contributed by atoms with van der Waals surface area (Å²) in [5.74, 6) is -0.336. The van der Waals surface area contributed by atoms with Crippen molar-refractivity contribution in [1.29, 1.82) is 0 Å². The van der Waals surface area contributed by atoms with Crippen LogP contribution in [0.2, 0.25) is 0 Å². The van der Waals surface area contributed by atoms with E-state index >= 15 is 0 Å². The molecule has 0 saturated heterocycles. The lowest BCUT2D eigenvalue weighted by Crippen LogP contribution is -2.00. The molecule has 17 heavy (non-hydrogen) atoms. The van der Waals surface area contributed by atoms with Crippen LogP contribution in [0.4, 0.5) is 0 Å². The predicted molar refractivity (Wildman–Crippen MR) is 63.9 cm³/mol. The van der Waals surface area contributed by atoms with Gasteiger partial charge in [0.15, 0.2) is 5.16 Å². The standard InChI is InChI=1S/C12H10N2O2S/c1-16-11(15)9-3-5-10(6-4-9)17-12-13-7-2-8-14-12/h2-8H,1H3. The van der Waals surface area contributed by atoms with E-state index in [0.717, 1.165) is 4.90 Å². The van der Waals surface area contributed by atoms with Crippen molar-refractivity contribution in [3.63, 3.8) is 0 Å². The topological polar surface area (TPSA) is 52.1 Å². The van der Waals surface area contributed by atoms with Crippen LogP contribution in [-0.2, 0) is 4.74 Å². The number of hydrogen-bond donors (Lipinski definition) is 0. The van der Waals surface area contributed by atoms with E-state index in [0.29, 0.717) is 10.7 Å². The van der Waals surface area contributed by atoms with Crippen molar-refractivity contribution >= 4 is 17.7 Å². The summed E-state index contributed by atoms with van der Waals surface area (Å²) in [6.07, 6.45) is 3.39. The van der Waals surface area contributed by atoms with Gasteiger partial charge < -0.3 is 4.74 Å². The van der Waals surface area contributed by atoms with Gasteiger partial charge in [-0.25, -0.2) is 14.8 Å². The van der Waals surface area contributed by atoms with Gasteiger partial charge in [0.25, 0.3) is 0 Å². The molecular formula is C12H10N2O2S. The van der Waals surface area contributed by atoms with Gasteiger partial charge in [-0.1, -0.05) is 0 Å². The average molecular weight is 246 g/mol. The molecule has 1 heterocycles. The molecule has 0 amide bonds. The maximum atomic E-state index is 11.2. The summed E-state index contributed by atoms with van der Waals surface area (Å²) < 4.78 is 4.62. The number of aromatic nitrogens is 2. The fourth-order valence-electron chi connectivity index (χ4n) is 1.22. The molecule has 5 heteroatoms. The molecule has 0 spiro atoms. The molecule has 0 unspecified atom stereocenters. The van der Waals surface area contributed by atoms with Crippen LogP contribution in [-0.4, -0.2) is 23.0 Å². The number of benzene rings is 1. The highest BCUT2D eigenvalue weighted by atomic mass is 32.2. The number of rotatable bonds is 3. The Balaban J connectivity index is 2.11. The normalized spacial score (nSPS) is 9.94. The van der Waals surface area contributed by atoms with E-state index in [2.05, 4.69) is 14.7 Å². The Labute approximate surface area is 103 Å². The molecule has 1 aromatic carbocycles. The second-order valence-electron chi connectivity index (χ2n) is 3.15. The average Bonchev–Trinajstić information content (AvgIpc) is 2.40. The van der Waals surface area contributed by atoms with Gasteiger partial charge in [-0.15, -0.1) is 0 Å². The van der Waals surface area contributed by atoms with Gasteiger partial charge in [-0.2, -0.15) is 0 Å². The number of esters is 1. The van der Waals surface area contributed by atoms with Crippen LogP contribution in [0.1, 0.15) is 10.4 Å². The zero-order valence-corrected chi connectivity index (χ0v) is 9.98. The minimum absolute atomic E-state index is 0.336. The Hall–Kier alpha value is -1.88. The lowest BCUT2D eigenvalue weighted by atomic mass is 10.2. The van der Waals surface area contributed by atoms with E-state index in [4.69, 9.17) is 0 Å². The summed E-state index contributed by atoms with van der Waals surface area (Å²) in [4.78, 5) is 20.4. The smallest absolute Gasteiger partial charge is 0.337 e. The highest BCUT2D eigenvalue weighted by molar-refractivity contribution is 7.99. The molecule has 0 fully saturated rings. The molecule has 86 valence electrons. The number of nitrogens with zero attached hydrogens (tertiary/aromatic N) is 2. The van der Waals surface area contributed by atoms with Crippen LogP contribution >= 0.6 is 11.8 Å². The minimum Gasteiger partial charge on any atom is -0.465 e. The summed E-state index contributed by atoms with van der Waals surface area (Å²) in [6, 6.07) is 8.89. The zero-order chi connectivity index (χ0) is 12.1. The first-order valence-electron chi connectivity index (χ1n) is 4.93. The van der Waals surface area contributed by atoms with Gasteiger partial charge in [-0.3, -0.25) is 0 Å². The van der Waals surface area contributed by atoms with Gasteiger partial charge in [0.2, 0.25) is 0 Å². The molecule has 4 nitrogen and oxygen atoms in total. The van der Waals surface area contributed by atoms with E-state index in [-0.39, 0.29) is 5.97 Å². The molecule has 0 N–H and O–H groups in total. The molecule has 0 radical (unpaired) electrons. The molecule has 0 bridgehead atoms. The molecule has 0 aliphatic heterocycles. The second-order valence-corrected chi connectivity index (χ2v) is 4.19. The number of hydrogen-bond acceptors (Lipinski definition) is 5. The Morgan fingerprint density at radius 1 is 1.18 bits per heavy atom. The first-order valence-corrected chi connectivity index (χ1v) is 5.74. The third-order valence-electron chi connectivity index (χ3n) is 2.03. The van der Waals surface area contributed by atoms with Crippen molar-refractivity contribution in [2.24, 2.45) is 0 Å². The number of methoxy groups -OCH3 is 1. The van der Waals surface area contributed by atoms with Crippen LogP contribution in [0.3, 0.4) is 0 Å². The molecular weight excluding hydrogens is 236 g/mol. The van der Waals surface area contributed by atoms with Crippen LogP contribution in [0.25, 0.3) is 0 Å². The summed E-state index contributed by atoms with van der Waals surface area (Å²) in [6.45, 7) is 0. The molecule has 0 aliphatic carbocycles. The van der Waals surface area contributed by atoms with E-state index in [1.54, 1.807) is 30.6 Å². The maximum Gasteiger partial charge on any atom is 0.337 e. The molecule has 2 aromatic rings. The summed E-state index contributed by atoms with van der Waals surface area (Å²) in [5.41, 5.74) is 0.533. The van der Waals surface area contributed by atoms with Crippen molar-refractivity contribution in [2.45, 2.75) is 10.1 Å². The SMILES string of the molecule is COC(=O)c1ccc(Sc2ncccn2)cc1. The highest BCUT2D eigenvalue weighted by Crippen LogP contribution is 2.24. The van der Waals surface area contributed by atoms with Crippen LogP contribution in [0, 0.1) is 0 Å². The number of carbonyl (C=O) groups is 1. The second kappa shape index (κ2) is 5.45. The van der Waals surface area contributed by atoms with E-state index in [9.17, 15) is 4.79 Å². The van der Waals surface area contributed by atoms with Crippen molar-refractivity contribution in [1.82, 2.24) is 9.97 Å². The van der Waals surface area contributed by atoms with Crippen molar-refractivity contribution in [2.75, 3.05) is 7.11 Å². The lowest BCUT2D eigenvalue weighted by molar-refractivity contribution is 0.0600. The van der Waals surface area contributed by atoms with Gasteiger partial charge in [0.05, 0.1) is 12.7 Å². The molecule has 0 atom stereocenters. The Morgan fingerprint density at radius 3 is 2.41 bits per heavy atom. The van der Waals surface area contributed by atoms with E-state index < -0.39 is 0 Å². The lowest BCUT2D eigenvalue weighted by Gasteiger charge is -2.01. The highest BCUT2D eigenvalue weighted by Gasteiger charge is 2.05. The van der Waals surface area contributed by atoms with Crippen molar-refractivity contribution in [3.05, 3.63) is 48.3 Å². The van der Waals surface area contributed by atoms with E-state index in [1.807, 2.05) is 12.1 Å². The molecule has 2 rings (SSSR count). The first kappa shape index (κ1) is 11.6. The van der Waals surface area contributed by atoms with Crippen molar-refractivity contribution in [3.8, 4) is 0 Å². The summed E-state index contributed by atoms with van der Waals surface area (Å²) in [5, 5.41) is 0.679. The fraction of sp³-hybridized carbons (Fsp3) is 0.0833. The van der Waals surface area contributed by atoms with E-state index in [1.165, 1.54) is 18.9 Å². The van der Waals surface area contributed by atoms with Gasteiger partial charge >= 0.3 is 5.97 Å². The Kier molecular flexibility index (Phi) is 3.72. The largest absolute Gasteiger partial charge is 0.465 e. The van der Waals surface area contributed by atoms with Crippen LogP contribution < -0.4 is 0 Å². The Morgan fingerprint density at radius 2 is 1.82 bits per heavy atom. The predicted octanol–water partition coefficient (Wildman–Crippen LogP) is 2.41. The molecule has 0 aliphatic rings. The zero-order valence-electron chi connectivity index (χ0n) is 9.16. The third kappa shape index (κ3) is 3.04. The quantitative estimate of drug-likeness (QED) is 0.615. The van der Waals surface area contributed by atoms with Gasteiger partial charge in [0, 0.05) is 17.3 Å². The van der Waals surface area contributed by atoms with Crippen molar-refractivity contribution < 1.29 is 9.53 Å². The number of ether oxygens (including phenoxy) is 1. The maximum absolute atomic E-state index is 11.2. The Bertz CT molecular complexity index is 500. The minimum atomic E-state index is -0.336. The van der Waals surface area contributed by atoms with Crippen LogP contribution in [0.5, 0.6) is 0 Å². The monoisotopic (exact) mass is 246 g/mol. The fourth-order valence-corrected chi connectivity index (χ4v) is 1.93. The first-order chi connectivity index (χ1) is 8.29. The third-order valence-corrected chi connectivity index (χ3v) is 2.93. The molecule has 1 aromatic heterocycles. The summed E-state index contributed by atoms with van der Waals surface area (Å²) in [7, 11) is 1.36. The molecule has 0 saturated carbocycles.